The first-order chi connectivity index (χ1) is 10.6. The molecule has 22 heavy (non-hydrogen) atoms. The summed E-state index contributed by atoms with van der Waals surface area (Å²) in [7, 11) is 2.06. The number of amides is 1. The highest BCUT2D eigenvalue weighted by atomic mass is 16.5. The number of aromatic nitrogens is 1. The van der Waals surface area contributed by atoms with Gasteiger partial charge in [-0.05, 0) is 30.5 Å². The zero-order valence-corrected chi connectivity index (χ0v) is 12.7. The first-order valence-electron chi connectivity index (χ1n) is 7.28. The van der Waals surface area contributed by atoms with Crippen LogP contribution >= 0.6 is 0 Å². The molecule has 3 rings (SSSR count). The van der Waals surface area contributed by atoms with Gasteiger partial charge in [0.2, 0.25) is 0 Å². The number of anilines is 1. The SMILES string of the molecule is Cc1oncc1C(=O)NC[C@H](O)c1ccc2c(c1)CCN2C. The van der Waals surface area contributed by atoms with Crippen LogP contribution in [0.3, 0.4) is 0 Å². The predicted octanol–water partition coefficient (Wildman–Crippen LogP) is 1.44. The van der Waals surface area contributed by atoms with Gasteiger partial charge in [0.1, 0.15) is 11.3 Å². The van der Waals surface area contributed by atoms with Gasteiger partial charge in [0.25, 0.3) is 5.91 Å². The molecule has 1 aromatic carbocycles. The van der Waals surface area contributed by atoms with Crippen LogP contribution in [-0.2, 0) is 6.42 Å². The van der Waals surface area contributed by atoms with E-state index in [4.69, 9.17) is 4.52 Å². The zero-order valence-electron chi connectivity index (χ0n) is 12.7. The molecule has 0 bridgehead atoms. The molecule has 0 spiro atoms. The quantitative estimate of drug-likeness (QED) is 0.893. The van der Waals surface area contributed by atoms with Gasteiger partial charge in [-0.25, -0.2) is 0 Å². The lowest BCUT2D eigenvalue weighted by molar-refractivity contribution is 0.0915. The standard InChI is InChI=1S/C16H19N3O3/c1-10-13(8-18-22-10)16(21)17-9-15(20)12-3-4-14-11(7-12)5-6-19(14)2/h3-4,7-8,15,20H,5-6,9H2,1-2H3,(H,17,21)/t15-/m0/s1. The molecule has 6 heteroatoms. The molecule has 2 aromatic rings. The van der Waals surface area contributed by atoms with Crippen molar-refractivity contribution in [2.75, 3.05) is 25.0 Å². The second-order valence-corrected chi connectivity index (χ2v) is 5.58. The number of aryl methyl sites for hydroxylation is 1. The van der Waals surface area contributed by atoms with Crippen molar-refractivity contribution in [3.63, 3.8) is 0 Å². The number of carbonyl (C=O) groups is 1. The third-order valence-electron chi connectivity index (χ3n) is 4.07. The predicted molar refractivity (Wildman–Crippen MR) is 81.9 cm³/mol. The van der Waals surface area contributed by atoms with Gasteiger partial charge in [0.05, 0.1) is 12.3 Å². The van der Waals surface area contributed by atoms with Crippen LogP contribution < -0.4 is 10.2 Å². The number of aliphatic hydroxyl groups excluding tert-OH is 1. The molecule has 1 aliphatic heterocycles. The fourth-order valence-electron chi connectivity index (χ4n) is 2.71. The molecule has 2 N–H and O–H groups in total. The number of benzene rings is 1. The second kappa shape index (κ2) is 5.81. The van der Waals surface area contributed by atoms with E-state index in [0.717, 1.165) is 18.5 Å². The maximum absolute atomic E-state index is 12.0. The third-order valence-corrected chi connectivity index (χ3v) is 4.07. The summed E-state index contributed by atoms with van der Waals surface area (Å²) in [5.74, 6) is 0.172. The molecule has 1 aromatic heterocycles. The summed E-state index contributed by atoms with van der Waals surface area (Å²) in [6.45, 7) is 2.83. The number of aliphatic hydroxyl groups is 1. The highest BCUT2D eigenvalue weighted by Crippen LogP contribution is 2.29. The van der Waals surface area contributed by atoms with Crippen molar-refractivity contribution < 1.29 is 14.4 Å². The van der Waals surface area contributed by atoms with Crippen LogP contribution in [0.25, 0.3) is 0 Å². The first kappa shape index (κ1) is 14.6. The fourth-order valence-corrected chi connectivity index (χ4v) is 2.71. The second-order valence-electron chi connectivity index (χ2n) is 5.58. The summed E-state index contributed by atoms with van der Waals surface area (Å²) in [6, 6.07) is 5.94. The Bertz CT molecular complexity index is 696. The number of hydrogen-bond donors (Lipinski definition) is 2. The van der Waals surface area contributed by atoms with Crippen molar-refractivity contribution in [2.45, 2.75) is 19.4 Å². The van der Waals surface area contributed by atoms with Crippen LogP contribution in [0.4, 0.5) is 5.69 Å². The van der Waals surface area contributed by atoms with Crippen LogP contribution in [0.1, 0.15) is 33.3 Å². The van der Waals surface area contributed by atoms with E-state index in [2.05, 4.69) is 22.4 Å². The van der Waals surface area contributed by atoms with Crippen LogP contribution in [0.2, 0.25) is 0 Å². The molecule has 6 nitrogen and oxygen atoms in total. The summed E-state index contributed by atoms with van der Waals surface area (Å²) in [5.41, 5.74) is 3.65. The Labute approximate surface area is 128 Å². The Morgan fingerprint density at radius 3 is 3.09 bits per heavy atom. The normalized spacial score (nSPS) is 14.8. The molecule has 0 saturated heterocycles. The smallest absolute Gasteiger partial charge is 0.256 e. The van der Waals surface area contributed by atoms with E-state index in [-0.39, 0.29) is 12.5 Å². The monoisotopic (exact) mass is 301 g/mol. The largest absolute Gasteiger partial charge is 0.387 e. The Hall–Kier alpha value is -2.34. The van der Waals surface area contributed by atoms with Crippen LogP contribution in [-0.4, -0.2) is 36.3 Å². The molecule has 0 fully saturated rings. The summed E-state index contributed by atoms with van der Waals surface area (Å²) < 4.78 is 4.86. The number of nitrogens with one attached hydrogen (secondary N) is 1. The van der Waals surface area contributed by atoms with Crippen LogP contribution in [0, 0.1) is 6.92 Å². The minimum Gasteiger partial charge on any atom is -0.387 e. The third kappa shape index (κ3) is 2.69. The topological polar surface area (TPSA) is 78.6 Å². The maximum atomic E-state index is 12.0. The van der Waals surface area contributed by atoms with Gasteiger partial charge in [-0.2, -0.15) is 0 Å². The van der Waals surface area contributed by atoms with Gasteiger partial charge in [0, 0.05) is 25.8 Å². The van der Waals surface area contributed by atoms with Gasteiger partial charge >= 0.3 is 0 Å². The van der Waals surface area contributed by atoms with E-state index >= 15 is 0 Å². The van der Waals surface area contributed by atoms with Crippen molar-refractivity contribution in [1.29, 1.82) is 0 Å². The number of carbonyl (C=O) groups excluding carboxylic acids is 1. The van der Waals surface area contributed by atoms with E-state index in [1.54, 1.807) is 6.92 Å². The highest BCUT2D eigenvalue weighted by Gasteiger charge is 2.19. The summed E-state index contributed by atoms with van der Waals surface area (Å²) in [5, 5.41) is 16.5. The average molecular weight is 301 g/mol. The fraction of sp³-hybridized carbons (Fsp3) is 0.375. The minimum absolute atomic E-state index is 0.151. The molecule has 1 aliphatic rings. The van der Waals surface area contributed by atoms with Crippen molar-refractivity contribution >= 4 is 11.6 Å². The molecule has 1 atom stereocenters. The molecular weight excluding hydrogens is 282 g/mol. The molecule has 0 aliphatic carbocycles. The zero-order chi connectivity index (χ0) is 15.7. The van der Waals surface area contributed by atoms with Crippen molar-refractivity contribution in [1.82, 2.24) is 10.5 Å². The van der Waals surface area contributed by atoms with E-state index in [1.165, 1.54) is 17.4 Å². The minimum atomic E-state index is -0.736. The maximum Gasteiger partial charge on any atom is 0.256 e. The number of nitrogens with zero attached hydrogens (tertiary/aromatic N) is 2. The van der Waals surface area contributed by atoms with E-state index in [1.807, 2.05) is 18.2 Å². The van der Waals surface area contributed by atoms with Gasteiger partial charge in [-0.15, -0.1) is 0 Å². The average Bonchev–Trinajstić information content (AvgIpc) is 3.10. The summed E-state index contributed by atoms with van der Waals surface area (Å²) in [6.07, 6.45) is 1.63. The molecule has 116 valence electrons. The molecule has 1 amide bonds. The number of fused-ring (bicyclic) bond motifs is 1. The number of likely N-dealkylation sites (N-methyl/N-ethyl adjacent to an activating group) is 1. The molecule has 0 saturated carbocycles. The molecule has 0 radical (unpaired) electrons. The molecule has 0 unspecified atom stereocenters. The summed E-state index contributed by atoms with van der Waals surface area (Å²) >= 11 is 0. The van der Waals surface area contributed by atoms with Gasteiger partial charge in [-0.1, -0.05) is 17.3 Å². The Morgan fingerprint density at radius 1 is 1.55 bits per heavy atom. The van der Waals surface area contributed by atoms with Gasteiger partial charge in [0.15, 0.2) is 0 Å². The number of rotatable bonds is 4. The van der Waals surface area contributed by atoms with Gasteiger partial charge in [-0.3, -0.25) is 4.79 Å². The van der Waals surface area contributed by atoms with Crippen molar-refractivity contribution in [2.24, 2.45) is 0 Å². The van der Waals surface area contributed by atoms with Crippen LogP contribution in [0.15, 0.2) is 28.9 Å². The van der Waals surface area contributed by atoms with E-state index < -0.39 is 6.10 Å². The Balaban J connectivity index is 1.64. The Morgan fingerprint density at radius 2 is 2.36 bits per heavy atom. The lowest BCUT2D eigenvalue weighted by atomic mass is 10.0. The molecular formula is C16H19N3O3. The van der Waals surface area contributed by atoms with Gasteiger partial charge < -0.3 is 19.8 Å². The highest BCUT2D eigenvalue weighted by molar-refractivity contribution is 5.94. The van der Waals surface area contributed by atoms with Crippen molar-refractivity contribution in [3.05, 3.63) is 46.8 Å². The lowest BCUT2D eigenvalue weighted by Crippen LogP contribution is -2.28. The lowest BCUT2D eigenvalue weighted by Gasteiger charge is -2.15. The van der Waals surface area contributed by atoms with Crippen molar-refractivity contribution in [3.8, 4) is 0 Å². The van der Waals surface area contributed by atoms with E-state index in [0.29, 0.717) is 11.3 Å². The Kier molecular flexibility index (Phi) is 3.85. The first-order valence-corrected chi connectivity index (χ1v) is 7.28. The van der Waals surface area contributed by atoms with Crippen LogP contribution in [0.5, 0.6) is 0 Å². The van der Waals surface area contributed by atoms with E-state index in [9.17, 15) is 9.90 Å². The number of hydrogen-bond acceptors (Lipinski definition) is 5. The molecule has 2 heterocycles. The summed E-state index contributed by atoms with van der Waals surface area (Å²) in [4.78, 5) is 14.2.